The molecule has 0 N–H and O–H groups in total. The molecular formula is C29H35N3O4. The van der Waals surface area contributed by atoms with Gasteiger partial charge in [-0.2, -0.15) is 0 Å². The SMILES string of the molecule is Cc1ccccc1C1(CC(=O)N(CC2CCC2)CC2CCCO2)CC(=O)N(Cc2cccnc2)C1=O. The second-order valence-electron chi connectivity index (χ2n) is 10.6. The minimum absolute atomic E-state index is 0.000113. The van der Waals surface area contributed by atoms with E-state index in [0.717, 1.165) is 49.0 Å². The molecule has 190 valence electrons. The predicted molar refractivity (Wildman–Crippen MR) is 135 cm³/mol. The lowest BCUT2D eigenvalue weighted by molar-refractivity contribution is -0.144. The van der Waals surface area contributed by atoms with Gasteiger partial charge in [-0.15, -0.1) is 0 Å². The third-order valence-electron chi connectivity index (χ3n) is 8.09. The van der Waals surface area contributed by atoms with Crippen molar-refractivity contribution in [1.82, 2.24) is 14.8 Å². The number of carbonyl (C=O) groups excluding carboxylic acids is 3. The number of aromatic nitrogens is 1. The molecule has 0 bridgehead atoms. The van der Waals surface area contributed by atoms with E-state index in [-0.39, 0.29) is 43.2 Å². The normalized spacial score (nSPS) is 24.2. The van der Waals surface area contributed by atoms with Crippen molar-refractivity contribution in [2.45, 2.75) is 69.9 Å². The van der Waals surface area contributed by atoms with Gasteiger partial charge in [-0.3, -0.25) is 24.3 Å². The number of imide groups is 1. The molecule has 2 atom stereocenters. The molecule has 2 aromatic rings. The summed E-state index contributed by atoms with van der Waals surface area (Å²) >= 11 is 0. The molecule has 0 radical (unpaired) electrons. The molecule has 5 rings (SSSR count). The van der Waals surface area contributed by atoms with E-state index in [4.69, 9.17) is 4.74 Å². The van der Waals surface area contributed by atoms with Gasteiger partial charge in [0.05, 0.1) is 18.1 Å². The number of aryl methyl sites for hydroxylation is 1. The van der Waals surface area contributed by atoms with Crippen molar-refractivity contribution < 1.29 is 19.1 Å². The summed E-state index contributed by atoms with van der Waals surface area (Å²) in [5.74, 6) is -0.0953. The van der Waals surface area contributed by atoms with Crippen molar-refractivity contribution in [2.75, 3.05) is 19.7 Å². The second-order valence-corrected chi connectivity index (χ2v) is 10.6. The Hall–Kier alpha value is -3.06. The number of hydrogen-bond acceptors (Lipinski definition) is 5. The van der Waals surface area contributed by atoms with E-state index in [0.29, 0.717) is 19.0 Å². The predicted octanol–water partition coefficient (Wildman–Crippen LogP) is 3.78. The van der Waals surface area contributed by atoms with E-state index in [1.165, 1.54) is 11.3 Å². The smallest absolute Gasteiger partial charge is 0.241 e. The molecule has 7 heteroatoms. The Morgan fingerprint density at radius 2 is 1.94 bits per heavy atom. The van der Waals surface area contributed by atoms with Crippen molar-refractivity contribution in [3.05, 3.63) is 65.5 Å². The third-order valence-corrected chi connectivity index (χ3v) is 8.09. The minimum Gasteiger partial charge on any atom is -0.376 e. The average molecular weight is 490 g/mol. The van der Waals surface area contributed by atoms with Crippen LogP contribution in [-0.4, -0.2) is 58.3 Å². The van der Waals surface area contributed by atoms with Crippen LogP contribution in [0.3, 0.4) is 0 Å². The van der Waals surface area contributed by atoms with Crippen LogP contribution in [0.15, 0.2) is 48.8 Å². The maximum Gasteiger partial charge on any atom is 0.241 e. The molecule has 1 aliphatic carbocycles. The fraction of sp³-hybridized carbons (Fsp3) is 0.517. The number of hydrogen-bond donors (Lipinski definition) is 0. The molecule has 7 nitrogen and oxygen atoms in total. The van der Waals surface area contributed by atoms with Crippen LogP contribution in [0.2, 0.25) is 0 Å². The summed E-state index contributed by atoms with van der Waals surface area (Å²) < 4.78 is 5.86. The number of likely N-dealkylation sites (tertiary alicyclic amines) is 1. The van der Waals surface area contributed by atoms with Gasteiger partial charge in [-0.1, -0.05) is 36.8 Å². The first-order valence-corrected chi connectivity index (χ1v) is 13.2. The Labute approximate surface area is 212 Å². The number of carbonyl (C=O) groups is 3. The number of pyridine rings is 1. The number of benzene rings is 1. The van der Waals surface area contributed by atoms with Gasteiger partial charge >= 0.3 is 0 Å². The first-order valence-electron chi connectivity index (χ1n) is 13.2. The summed E-state index contributed by atoms with van der Waals surface area (Å²) in [7, 11) is 0. The molecule has 1 aromatic heterocycles. The average Bonchev–Trinajstić information content (AvgIpc) is 3.44. The molecule has 3 amide bonds. The quantitative estimate of drug-likeness (QED) is 0.501. The van der Waals surface area contributed by atoms with Crippen LogP contribution in [-0.2, 0) is 31.1 Å². The molecule has 2 unspecified atom stereocenters. The van der Waals surface area contributed by atoms with Crippen LogP contribution in [0.5, 0.6) is 0 Å². The zero-order chi connectivity index (χ0) is 25.1. The molecule has 2 aliphatic heterocycles. The van der Waals surface area contributed by atoms with Gasteiger partial charge in [0.1, 0.15) is 0 Å². The molecule has 2 saturated heterocycles. The number of ether oxygens (including phenoxy) is 1. The van der Waals surface area contributed by atoms with Crippen molar-refractivity contribution in [3.63, 3.8) is 0 Å². The van der Waals surface area contributed by atoms with Crippen LogP contribution >= 0.6 is 0 Å². The van der Waals surface area contributed by atoms with E-state index in [1.54, 1.807) is 18.5 Å². The summed E-state index contributed by atoms with van der Waals surface area (Å²) in [5.41, 5.74) is 1.28. The van der Waals surface area contributed by atoms with Crippen molar-refractivity contribution in [1.29, 1.82) is 0 Å². The van der Waals surface area contributed by atoms with Gasteiger partial charge in [0.15, 0.2) is 0 Å². The van der Waals surface area contributed by atoms with Crippen molar-refractivity contribution in [3.8, 4) is 0 Å². The highest BCUT2D eigenvalue weighted by Crippen LogP contribution is 2.42. The highest BCUT2D eigenvalue weighted by molar-refractivity contribution is 6.10. The van der Waals surface area contributed by atoms with Gasteiger partial charge in [-0.25, -0.2) is 0 Å². The minimum atomic E-state index is -1.20. The maximum atomic E-state index is 14.1. The molecule has 3 heterocycles. The molecule has 0 spiro atoms. The van der Waals surface area contributed by atoms with Crippen LogP contribution in [0, 0.1) is 12.8 Å². The van der Waals surface area contributed by atoms with Crippen molar-refractivity contribution >= 4 is 17.7 Å². The lowest BCUT2D eigenvalue weighted by Crippen LogP contribution is -2.47. The number of rotatable bonds is 9. The molecule has 1 saturated carbocycles. The highest BCUT2D eigenvalue weighted by atomic mass is 16.5. The molecular weight excluding hydrogens is 454 g/mol. The van der Waals surface area contributed by atoms with Gasteiger partial charge in [0, 0.05) is 44.9 Å². The second kappa shape index (κ2) is 10.5. The largest absolute Gasteiger partial charge is 0.376 e. The summed E-state index contributed by atoms with van der Waals surface area (Å²) in [6.07, 6.45) is 8.81. The Morgan fingerprint density at radius 3 is 2.61 bits per heavy atom. The Balaban J connectivity index is 1.45. The standard InChI is InChI=1S/C29H35N3O4/c1-21-7-2-3-12-25(21)29(16-27(34)32(28(29)35)19-23-10-5-13-30-17-23)15-26(33)31(18-22-8-4-9-22)20-24-11-6-14-36-24/h2-3,5,7,10,12-13,17,22,24H,4,6,8-9,11,14-16,18-20H2,1H3. The van der Waals surface area contributed by atoms with Gasteiger partial charge < -0.3 is 9.64 Å². The first-order chi connectivity index (χ1) is 17.5. The Bertz CT molecular complexity index is 1110. The van der Waals surface area contributed by atoms with Gasteiger partial charge in [0.25, 0.3) is 0 Å². The topological polar surface area (TPSA) is 79.8 Å². The van der Waals surface area contributed by atoms with Crippen LogP contribution in [0.4, 0.5) is 0 Å². The molecule has 3 aliphatic rings. The lowest BCUT2D eigenvalue weighted by Gasteiger charge is -2.36. The van der Waals surface area contributed by atoms with E-state index in [9.17, 15) is 14.4 Å². The van der Waals surface area contributed by atoms with Crippen LogP contribution in [0.25, 0.3) is 0 Å². The zero-order valence-corrected chi connectivity index (χ0v) is 21.0. The fourth-order valence-corrected chi connectivity index (χ4v) is 5.86. The summed E-state index contributed by atoms with van der Waals surface area (Å²) in [6, 6.07) is 11.3. The fourth-order valence-electron chi connectivity index (χ4n) is 5.86. The summed E-state index contributed by atoms with van der Waals surface area (Å²) in [6.45, 7) is 4.10. The summed E-state index contributed by atoms with van der Waals surface area (Å²) in [5, 5.41) is 0. The van der Waals surface area contributed by atoms with E-state index in [2.05, 4.69) is 4.98 Å². The van der Waals surface area contributed by atoms with Gasteiger partial charge in [0.2, 0.25) is 17.7 Å². The van der Waals surface area contributed by atoms with E-state index < -0.39 is 5.41 Å². The van der Waals surface area contributed by atoms with Crippen molar-refractivity contribution in [2.24, 2.45) is 5.92 Å². The Morgan fingerprint density at radius 1 is 1.11 bits per heavy atom. The van der Waals surface area contributed by atoms with E-state index >= 15 is 0 Å². The molecule has 3 fully saturated rings. The third kappa shape index (κ3) is 4.94. The maximum absolute atomic E-state index is 14.1. The van der Waals surface area contributed by atoms with Crippen LogP contribution < -0.4 is 0 Å². The first kappa shape index (κ1) is 24.6. The monoisotopic (exact) mass is 489 g/mol. The Kier molecular flexibility index (Phi) is 7.19. The lowest BCUT2D eigenvalue weighted by atomic mass is 9.73. The van der Waals surface area contributed by atoms with Crippen LogP contribution in [0.1, 0.15) is 61.6 Å². The molecule has 1 aromatic carbocycles. The summed E-state index contributed by atoms with van der Waals surface area (Å²) in [4.78, 5) is 48.7. The number of amides is 3. The number of nitrogens with zero attached hydrogens (tertiary/aromatic N) is 3. The molecule has 36 heavy (non-hydrogen) atoms. The van der Waals surface area contributed by atoms with Gasteiger partial charge in [-0.05, 0) is 61.3 Å². The van der Waals surface area contributed by atoms with E-state index in [1.807, 2.05) is 42.2 Å². The zero-order valence-electron chi connectivity index (χ0n) is 21.0. The highest BCUT2D eigenvalue weighted by Gasteiger charge is 2.54.